The summed E-state index contributed by atoms with van der Waals surface area (Å²) in [7, 11) is 0. The number of hydrogen-bond donors (Lipinski definition) is 0. The highest BCUT2D eigenvalue weighted by molar-refractivity contribution is 14.1. The Bertz CT molecular complexity index is 503. The van der Waals surface area contributed by atoms with Crippen molar-refractivity contribution in [3.05, 3.63) is 32.4 Å². The van der Waals surface area contributed by atoms with Crippen molar-refractivity contribution in [1.82, 2.24) is 19.6 Å². The van der Waals surface area contributed by atoms with E-state index in [0.29, 0.717) is 6.54 Å². The summed E-state index contributed by atoms with van der Waals surface area (Å²) >= 11 is 8.46. The standard InChI is InChI=1S/C10H12ClIN4/c1-3-16-9(10(11)7(2)14-16)6-15-5-8(12)4-13-15/h4-5H,3,6H2,1-2H3. The highest BCUT2D eigenvalue weighted by atomic mass is 127. The molecule has 2 aromatic heterocycles. The third-order valence-corrected chi connectivity index (χ3v) is 3.42. The third-order valence-electron chi connectivity index (χ3n) is 2.37. The molecule has 0 aliphatic carbocycles. The van der Waals surface area contributed by atoms with Gasteiger partial charge in [-0.2, -0.15) is 10.2 Å². The van der Waals surface area contributed by atoms with Crippen molar-refractivity contribution < 1.29 is 0 Å². The highest BCUT2D eigenvalue weighted by Crippen LogP contribution is 2.21. The second kappa shape index (κ2) is 4.75. The largest absolute Gasteiger partial charge is 0.266 e. The van der Waals surface area contributed by atoms with E-state index in [1.807, 2.05) is 28.7 Å². The molecule has 0 fully saturated rings. The van der Waals surface area contributed by atoms with E-state index in [4.69, 9.17) is 11.6 Å². The summed E-state index contributed by atoms with van der Waals surface area (Å²) in [5.74, 6) is 0. The zero-order chi connectivity index (χ0) is 11.7. The van der Waals surface area contributed by atoms with Crippen LogP contribution in [0.5, 0.6) is 0 Å². The summed E-state index contributed by atoms with van der Waals surface area (Å²) < 4.78 is 4.91. The molecule has 0 aliphatic rings. The monoisotopic (exact) mass is 350 g/mol. The fraction of sp³-hybridized carbons (Fsp3) is 0.400. The Morgan fingerprint density at radius 1 is 1.50 bits per heavy atom. The molecule has 0 saturated carbocycles. The second-order valence-electron chi connectivity index (χ2n) is 3.52. The molecule has 6 heteroatoms. The number of nitrogens with zero attached hydrogens (tertiary/aromatic N) is 4. The first kappa shape index (κ1) is 11.9. The maximum absolute atomic E-state index is 6.22. The zero-order valence-electron chi connectivity index (χ0n) is 9.11. The van der Waals surface area contributed by atoms with E-state index in [0.717, 1.165) is 26.5 Å². The lowest BCUT2D eigenvalue weighted by Crippen LogP contribution is -2.08. The number of hydrogen-bond acceptors (Lipinski definition) is 2. The summed E-state index contributed by atoms with van der Waals surface area (Å²) in [6.07, 6.45) is 3.81. The van der Waals surface area contributed by atoms with Crippen molar-refractivity contribution in [2.45, 2.75) is 26.9 Å². The molecule has 0 radical (unpaired) electrons. The van der Waals surface area contributed by atoms with Crippen molar-refractivity contribution in [1.29, 1.82) is 0 Å². The summed E-state index contributed by atoms with van der Waals surface area (Å²) in [5.41, 5.74) is 1.89. The highest BCUT2D eigenvalue weighted by Gasteiger charge is 2.13. The van der Waals surface area contributed by atoms with Crippen LogP contribution in [0.3, 0.4) is 0 Å². The molecule has 0 aliphatic heterocycles. The van der Waals surface area contributed by atoms with E-state index < -0.39 is 0 Å². The van der Waals surface area contributed by atoms with Crippen LogP contribution in [0.1, 0.15) is 18.3 Å². The molecule has 0 atom stereocenters. The fourth-order valence-electron chi connectivity index (χ4n) is 1.60. The minimum atomic E-state index is 0.663. The first-order valence-corrected chi connectivity index (χ1v) is 6.47. The summed E-state index contributed by atoms with van der Waals surface area (Å²) in [5, 5.41) is 9.36. The molecule has 86 valence electrons. The Kier molecular flexibility index (Phi) is 3.53. The third kappa shape index (κ3) is 2.24. The zero-order valence-corrected chi connectivity index (χ0v) is 12.0. The molecule has 2 rings (SSSR count). The molecular formula is C10H12ClIN4. The molecule has 0 spiro atoms. The van der Waals surface area contributed by atoms with E-state index in [1.165, 1.54) is 0 Å². The molecule has 0 N–H and O–H groups in total. The molecule has 2 aromatic rings. The predicted molar refractivity (Wildman–Crippen MR) is 71.7 cm³/mol. The SMILES string of the molecule is CCn1nc(C)c(Cl)c1Cn1cc(I)cn1. The normalized spacial score (nSPS) is 11.0. The van der Waals surface area contributed by atoms with Crippen molar-refractivity contribution >= 4 is 34.2 Å². The predicted octanol–water partition coefficient (Wildman–Crippen LogP) is 2.71. The average molecular weight is 351 g/mol. The van der Waals surface area contributed by atoms with Gasteiger partial charge in [-0.05, 0) is 36.4 Å². The minimum Gasteiger partial charge on any atom is -0.266 e. The molecule has 16 heavy (non-hydrogen) atoms. The molecule has 0 saturated heterocycles. The molecule has 0 bridgehead atoms. The van der Waals surface area contributed by atoms with E-state index >= 15 is 0 Å². The topological polar surface area (TPSA) is 35.6 Å². The van der Waals surface area contributed by atoms with E-state index in [-0.39, 0.29) is 0 Å². The number of aromatic nitrogens is 4. The van der Waals surface area contributed by atoms with Crippen molar-refractivity contribution in [3.63, 3.8) is 0 Å². The van der Waals surface area contributed by atoms with Gasteiger partial charge in [0, 0.05) is 12.7 Å². The van der Waals surface area contributed by atoms with Crippen LogP contribution in [-0.4, -0.2) is 19.6 Å². The van der Waals surface area contributed by atoms with Crippen molar-refractivity contribution in [2.75, 3.05) is 0 Å². The van der Waals surface area contributed by atoms with E-state index in [2.05, 4.69) is 39.7 Å². The lowest BCUT2D eigenvalue weighted by atomic mass is 10.3. The average Bonchev–Trinajstić information content (AvgIpc) is 2.77. The van der Waals surface area contributed by atoms with Gasteiger partial charge < -0.3 is 0 Å². The van der Waals surface area contributed by atoms with Crippen LogP contribution in [0.15, 0.2) is 12.4 Å². The Balaban J connectivity index is 2.33. The molecule has 0 amide bonds. The van der Waals surface area contributed by atoms with Crippen LogP contribution in [0.4, 0.5) is 0 Å². The van der Waals surface area contributed by atoms with Crippen LogP contribution >= 0.6 is 34.2 Å². The molecular weight excluding hydrogens is 338 g/mol. The quantitative estimate of drug-likeness (QED) is 0.798. The summed E-state index contributed by atoms with van der Waals surface area (Å²) in [6, 6.07) is 0. The molecule has 4 nitrogen and oxygen atoms in total. The minimum absolute atomic E-state index is 0.663. The van der Waals surface area contributed by atoms with E-state index in [1.54, 1.807) is 0 Å². The molecule has 2 heterocycles. The van der Waals surface area contributed by atoms with Crippen LogP contribution in [0.25, 0.3) is 0 Å². The first-order valence-electron chi connectivity index (χ1n) is 5.01. The van der Waals surface area contributed by atoms with Gasteiger partial charge in [-0.3, -0.25) is 9.36 Å². The van der Waals surface area contributed by atoms with E-state index in [9.17, 15) is 0 Å². The smallest absolute Gasteiger partial charge is 0.0866 e. The Morgan fingerprint density at radius 3 is 2.81 bits per heavy atom. The van der Waals surface area contributed by atoms with Gasteiger partial charge in [0.2, 0.25) is 0 Å². The van der Waals surface area contributed by atoms with Gasteiger partial charge in [0.15, 0.2) is 0 Å². The maximum atomic E-state index is 6.22. The van der Waals surface area contributed by atoms with Crippen molar-refractivity contribution in [3.8, 4) is 0 Å². The van der Waals surface area contributed by atoms with Crippen LogP contribution in [0.2, 0.25) is 5.02 Å². The van der Waals surface area contributed by atoms with Crippen LogP contribution in [-0.2, 0) is 13.1 Å². The lowest BCUT2D eigenvalue weighted by molar-refractivity contribution is 0.575. The summed E-state index contributed by atoms with van der Waals surface area (Å²) in [6.45, 7) is 5.46. The number of rotatable bonds is 3. The number of halogens is 2. The van der Waals surface area contributed by atoms with Gasteiger partial charge in [0.25, 0.3) is 0 Å². The Morgan fingerprint density at radius 2 is 2.25 bits per heavy atom. The van der Waals surface area contributed by atoms with Crippen LogP contribution in [0, 0.1) is 10.5 Å². The fourth-order valence-corrected chi connectivity index (χ4v) is 2.24. The van der Waals surface area contributed by atoms with Crippen LogP contribution < -0.4 is 0 Å². The van der Waals surface area contributed by atoms with Crippen molar-refractivity contribution in [2.24, 2.45) is 0 Å². The lowest BCUT2D eigenvalue weighted by Gasteiger charge is -2.05. The van der Waals surface area contributed by atoms with Gasteiger partial charge in [-0.25, -0.2) is 0 Å². The molecule has 0 aromatic carbocycles. The van der Waals surface area contributed by atoms with Gasteiger partial charge in [-0.1, -0.05) is 11.6 Å². The summed E-state index contributed by atoms with van der Waals surface area (Å²) in [4.78, 5) is 0. The number of aryl methyl sites for hydroxylation is 2. The first-order chi connectivity index (χ1) is 7.61. The maximum Gasteiger partial charge on any atom is 0.0866 e. The van der Waals surface area contributed by atoms with Gasteiger partial charge in [0.05, 0.1) is 32.7 Å². The van der Waals surface area contributed by atoms with Gasteiger partial charge >= 0.3 is 0 Å². The van der Waals surface area contributed by atoms with Gasteiger partial charge in [-0.15, -0.1) is 0 Å². The Hall–Kier alpha value is -0.560. The van der Waals surface area contributed by atoms with Gasteiger partial charge in [0.1, 0.15) is 0 Å². The second-order valence-corrected chi connectivity index (χ2v) is 5.14. The molecule has 0 unspecified atom stereocenters. The Labute approximate surface area is 113 Å².